The number of benzene rings is 1. The molecule has 0 radical (unpaired) electrons. The first-order chi connectivity index (χ1) is 11.8. The minimum absolute atomic E-state index is 0.746. The van der Waals surface area contributed by atoms with E-state index in [0.29, 0.717) is 0 Å². The highest BCUT2D eigenvalue weighted by molar-refractivity contribution is 5.80. The number of ether oxygens (including phenoxy) is 1. The van der Waals surface area contributed by atoms with Crippen LogP contribution in [0.1, 0.15) is 30.9 Å². The van der Waals surface area contributed by atoms with Crippen molar-refractivity contribution in [2.24, 2.45) is 4.99 Å². The fourth-order valence-corrected chi connectivity index (χ4v) is 3.36. The predicted molar refractivity (Wildman–Crippen MR) is 98.2 cm³/mol. The predicted octanol–water partition coefficient (Wildman–Crippen LogP) is 2.08. The van der Waals surface area contributed by atoms with Gasteiger partial charge in [0.05, 0.1) is 19.8 Å². The first-order valence-electron chi connectivity index (χ1n) is 9.26. The maximum absolute atomic E-state index is 5.43. The van der Waals surface area contributed by atoms with Crippen molar-refractivity contribution in [3.05, 3.63) is 35.4 Å². The van der Waals surface area contributed by atoms with Crippen LogP contribution in [0.3, 0.4) is 0 Å². The molecule has 2 heterocycles. The molecule has 5 nitrogen and oxygen atoms in total. The van der Waals surface area contributed by atoms with Gasteiger partial charge in [-0.3, -0.25) is 4.90 Å². The molecule has 24 heavy (non-hydrogen) atoms. The summed E-state index contributed by atoms with van der Waals surface area (Å²) < 4.78 is 5.43. The average Bonchev–Trinajstić information content (AvgIpc) is 3.14. The number of nitrogens with zero attached hydrogens (tertiary/aromatic N) is 3. The van der Waals surface area contributed by atoms with Gasteiger partial charge in [-0.05, 0) is 30.9 Å². The van der Waals surface area contributed by atoms with Crippen LogP contribution in [-0.4, -0.2) is 61.7 Å². The van der Waals surface area contributed by atoms with E-state index in [4.69, 9.17) is 9.73 Å². The van der Waals surface area contributed by atoms with Gasteiger partial charge in [-0.25, -0.2) is 4.99 Å². The molecule has 2 aliphatic heterocycles. The van der Waals surface area contributed by atoms with Crippen LogP contribution in [0, 0.1) is 0 Å². The zero-order valence-electron chi connectivity index (χ0n) is 14.8. The molecule has 0 aliphatic carbocycles. The van der Waals surface area contributed by atoms with Gasteiger partial charge in [-0.2, -0.15) is 0 Å². The SMILES string of the molecule is CCNC(=NCc1cccc(CN2CCOCC2)c1)N1CCCC1. The Morgan fingerprint density at radius 1 is 1.12 bits per heavy atom. The Morgan fingerprint density at radius 2 is 1.88 bits per heavy atom. The Balaban J connectivity index is 1.61. The number of nitrogens with one attached hydrogen (secondary N) is 1. The fraction of sp³-hybridized carbons (Fsp3) is 0.632. The highest BCUT2D eigenvalue weighted by Crippen LogP contribution is 2.12. The van der Waals surface area contributed by atoms with Crippen molar-refractivity contribution in [1.29, 1.82) is 0 Å². The first kappa shape index (κ1) is 17.2. The van der Waals surface area contributed by atoms with Crippen LogP contribution in [0.15, 0.2) is 29.3 Å². The zero-order valence-corrected chi connectivity index (χ0v) is 14.8. The third kappa shape index (κ3) is 4.95. The molecule has 0 atom stereocenters. The van der Waals surface area contributed by atoms with E-state index in [9.17, 15) is 0 Å². The van der Waals surface area contributed by atoms with Crippen molar-refractivity contribution in [3.8, 4) is 0 Å². The molecule has 5 heteroatoms. The van der Waals surface area contributed by atoms with Crippen molar-refractivity contribution < 1.29 is 4.74 Å². The quantitative estimate of drug-likeness (QED) is 0.663. The summed E-state index contributed by atoms with van der Waals surface area (Å²) in [5, 5.41) is 3.43. The van der Waals surface area contributed by atoms with Crippen molar-refractivity contribution in [3.63, 3.8) is 0 Å². The summed E-state index contributed by atoms with van der Waals surface area (Å²) in [5.41, 5.74) is 2.66. The summed E-state index contributed by atoms with van der Waals surface area (Å²) in [4.78, 5) is 9.69. The molecule has 2 aliphatic rings. The van der Waals surface area contributed by atoms with Crippen molar-refractivity contribution >= 4 is 5.96 Å². The average molecular weight is 330 g/mol. The summed E-state index contributed by atoms with van der Waals surface area (Å²) in [6.07, 6.45) is 2.55. The molecule has 0 amide bonds. The smallest absolute Gasteiger partial charge is 0.194 e. The first-order valence-corrected chi connectivity index (χ1v) is 9.26. The molecule has 0 spiro atoms. The molecule has 1 aromatic rings. The minimum atomic E-state index is 0.746. The van der Waals surface area contributed by atoms with Gasteiger partial charge in [0.2, 0.25) is 0 Å². The van der Waals surface area contributed by atoms with Crippen molar-refractivity contribution in [2.75, 3.05) is 45.9 Å². The number of rotatable bonds is 5. The van der Waals surface area contributed by atoms with Crippen LogP contribution in [0.2, 0.25) is 0 Å². The highest BCUT2D eigenvalue weighted by Gasteiger charge is 2.15. The summed E-state index contributed by atoms with van der Waals surface area (Å²) in [6.45, 7) is 10.8. The molecule has 2 saturated heterocycles. The monoisotopic (exact) mass is 330 g/mol. The van der Waals surface area contributed by atoms with Gasteiger partial charge in [0.1, 0.15) is 0 Å². The maximum Gasteiger partial charge on any atom is 0.194 e. The summed E-state index contributed by atoms with van der Waals surface area (Å²) in [6, 6.07) is 8.85. The fourth-order valence-electron chi connectivity index (χ4n) is 3.36. The molecule has 132 valence electrons. The second-order valence-electron chi connectivity index (χ2n) is 6.57. The van der Waals surface area contributed by atoms with Crippen LogP contribution in [0.25, 0.3) is 0 Å². The van der Waals surface area contributed by atoms with E-state index in [-0.39, 0.29) is 0 Å². The lowest BCUT2D eigenvalue weighted by molar-refractivity contribution is 0.0342. The summed E-state index contributed by atoms with van der Waals surface area (Å²) in [7, 11) is 0. The standard InChI is InChI=1S/C19H30N4O/c1-2-20-19(23-8-3-4-9-23)21-15-17-6-5-7-18(14-17)16-22-10-12-24-13-11-22/h5-7,14H,2-4,8-13,15-16H2,1H3,(H,20,21). The van der Waals surface area contributed by atoms with Gasteiger partial charge in [-0.15, -0.1) is 0 Å². The highest BCUT2D eigenvalue weighted by atomic mass is 16.5. The lowest BCUT2D eigenvalue weighted by Crippen LogP contribution is -2.39. The van der Waals surface area contributed by atoms with E-state index < -0.39 is 0 Å². The van der Waals surface area contributed by atoms with Gasteiger partial charge in [0, 0.05) is 39.3 Å². The lowest BCUT2D eigenvalue weighted by Gasteiger charge is -2.26. The number of hydrogen-bond donors (Lipinski definition) is 1. The number of hydrogen-bond acceptors (Lipinski definition) is 3. The largest absolute Gasteiger partial charge is 0.379 e. The van der Waals surface area contributed by atoms with Crippen LogP contribution >= 0.6 is 0 Å². The Labute approximate surface area is 145 Å². The molecule has 0 unspecified atom stereocenters. The van der Waals surface area contributed by atoms with Gasteiger partial charge < -0.3 is 15.0 Å². The molecule has 0 bridgehead atoms. The minimum Gasteiger partial charge on any atom is -0.379 e. The van der Waals surface area contributed by atoms with Gasteiger partial charge in [0.15, 0.2) is 5.96 Å². The number of morpholine rings is 1. The summed E-state index contributed by atoms with van der Waals surface area (Å²) in [5.74, 6) is 1.06. The third-order valence-electron chi connectivity index (χ3n) is 4.65. The van der Waals surface area contributed by atoms with E-state index in [1.54, 1.807) is 0 Å². The van der Waals surface area contributed by atoms with E-state index in [1.807, 2.05) is 0 Å². The van der Waals surface area contributed by atoms with Gasteiger partial charge >= 0.3 is 0 Å². The van der Waals surface area contributed by atoms with E-state index >= 15 is 0 Å². The third-order valence-corrected chi connectivity index (χ3v) is 4.65. The number of likely N-dealkylation sites (tertiary alicyclic amines) is 1. The Hall–Kier alpha value is -1.59. The van der Waals surface area contributed by atoms with Gasteiger partial charge in [0.25, 0.3) is 0 Å². The topological polar surface area (TPSA) is 40.1 Å². The molecule has 3 rings (SSSR count). The molecule has 0 saturated carbocycles. The molecular weight excluding hydrogens is 300 g/mol. The zero-order chi connectivity index (χ0) is 16.6. The molecule has 1 aromatic carbocycles. The van der Waals surface area contributed by atoms with E-state index in [2.05, 4.69) is 46.3 Å². The van der Waals surface area contributed by atoms with Gasteiger partial charge in [-0.1, -0.05) is 24.3 Å². The van der Waals surface area contributed by atoms with Crippen molar-refractivity contribution in [2.45, 2.75) is 32.9 Å². The van der Waals surface area contributed by atoms with E-state index in [0.717, 1.165) is 65.0 Å². The number of aliphatic imine (C=N–C) groups is 1. The molecular formula is C19H30N4O. The van der Waals surface area contributed by atoms with E-state index in [1.165, 1.54) is 24.0 Å². The molecule has 2 fully saturated rings. The Kier molecular flexibility index (Phi) is 6.49. The second-order valence-corrected chi connectivity index (χ2v) is 6.57. The van der Waals surface area contributed by atoms with Crippen LogP contribution in [0.5, 0.6) is 0 Å². The molecule has 0 aromatic heterocycles. The Morgan fingerprint density at radius 3 is 2.62 bits per heavy atom. The Bertz CT molecular complexity index is 534. The lowest BCUT2D eigenvalue weighted by atomic mass is 10.1. The van der Waals surface area contributed by atoms with Crippen LogP contribution < -0.4 is 5.32 Å². The number of guanidine groups is 1. The normalized spacial score (nSPS) is 19.7. The maximum atomic E-state index is 5.43. The van der Waals surface area contributed by atoms with Crippen LogP contribution in [0.4, 0.5) is 0 Å². The second kappa shape index (κ2) is 9.04. The van der Waals surface area contributed by atoms with Crippen molar-refractivity contribution in [1.82, 2.24) is 15.1 Å². The van der Waals surface area contributed by atoms with Crippen LogP contribution in [-0.2, 0) is 17.8 Å². The summed E-state index contributed by atoms with van der Waals surface area (Å²) >= 11 is 0. The molecule has 1 N–H and O–H groups in total.